The van der Waals surface area contributed by atoms with E-state index in [1.54, 1.807) is 10.6 Å². The fraction of sp³-hybridized carbons (Fsp3) is 0.375. The summed E-state index contributed by atoms with van der Waals surface area (Å²) < 4.78 is 40.3. The molecule has 0 saturated carbocycles. The second-order valence-corrected chi connectivity index (χ2v) is 11.2. The molecule has 0 N–H and O–H groups in total. The summed E-state index contributed by atoms with van der Waals surface area (Å²) in [7, 11) is -0.823. The van der Waals surface area contributed by atoms with E-state index in [4.69, 9.17) is 9.47 Å². The lowest BCUT2D eigenvalue weighted by atomic mass is 10.1. The molecule has 4 rings (SSSR count). The molecule has 0 spiro atoms. The molecular weight excluding hydrogens is 490 g/mol. The molecule has 2 heterocycles. The molecule has 9 nitrogen and oxygen atoms in total. The van der Waals surface area contributed by atoms with Crippen molar-refractivity contribution < 1.29 is 27.5 Å². The number of benzene rings is 2. The Morgan fingerprint density at radius 3 is 2.51 bits per heavy atom. The molecule has 0 radical (unpaired) electrons. The van der Waals surface area contributed by atoms with Crippen molar-refractivity contribution in [3.8, 4) is 5.75 Å². The number of piperidine rings is 1. The topological polar surface area (TPSA) is 107 Å². The molecule has 186 valence electrons. The van der Waals surface area contributed by atoms with Gasteiger partial charge in [0.05, 0.1) is 23.8 Å². The molecule has 1 unspecified atom stereocenters. The maximum absolute atomic E-state index is 13.1. The standard InChI is InChI=1S/C24H27N3O6S2/c1-16-7-4-5-14-27(16)35(30,31)18-12-10-17(11-13-18)23(29)25-24-26(15-21(28)33-3)22-19(32-2)8-6-9-20(22)34-24/h6,8-13,16H,4-5,7,14-15H2,1-3H3. The first-order valence-corrected chi connectivity index (χ1v) is 13.5. The predicted octanol–water partition coefficient (Wildman–Crippen LogP) is 3.19. The number of ether oxygens (including phenoxy) is 2. The van der Waals surface area contributed by atoms with Crippen molar-refractivity contribution in [2.75, 3.05) is 20.8 Å². The summed E-state index contributed by atoms with van der Waals surface area (Å²) in [4.78, 5) is 29.7. The normalized spacial score (nSPS) is 17.5. The highest BCUT2D eigenvalue weighted by atomic mass is 32.2. The average Bonchev–Trinajstić information content (AvgIpc) is 3.20. The monoisotopic (exact) mass is 517 g/mol. The number of thiazole rings is 1. The first-order valence-electron chi connectivity index (χ1n) is 11.2. The smallest absolute Gasteiger partial charge is 0.325 e. The zero-order chi connectivity index (χ0) is 25.2. The minimum absolute atomic E-state index is 0.0553. The summed E-state index contributed by atoms with van der Waals surface area (Å²) in [5, 5.41) is 0. The molecule has 1 saturated heterocycles. The maximum Gasteiger partial charge on any atom is 0.325 e. The maximum atomic E-state index is 13.1. The van der Waals surface area contributed by atoms with Crippen molar-refractivity contribution in [3.63, 3.8) is 0 Å². The van der Waals surface area contributed by atoms with E-state index in [9.17, 15) is 18.0 Å². The lowest BCUT2D eigenvalue weighted by Crippen LogP contribution is -2.41. The Kier molecular flexibility index (Phi) is 7.39. The van der Waals surface area contributed by atoms with E-state index < -0.39 is 21.9 Å². The van der Waals surface area contributed by atoms with Gasteiger partial charge >= 0.3 is 5.97 Å². The molecule has 0 aliphatic carbocycles. The Bertz CT molecular complexity index is 1420. The number of carbonyl (C=O) groups excluding carboxylic acids is 2. The van der Waals surface area contributed by atoms with Crippen LogP contribution in [0.3, 0.4) is 0 Å². The van der Waals surface area contributed by atoms with Gasteiger partial charge < -0.3 is 14.0 Å². The van der Waals surface area contributed by atoms with Crippen LogP contribution in [0.4, 0.5) is 0 Å². The fourth-order valence-electron chi connectivity index (χ4n) is 4.17. The first-order chi connectivity index (χ1) is 16.8. The summed E-state index contributed by atoms with van der Waals surface area (Å²) in [5.41, 5.74) is 0.874. The zero-order valence-electron chi connectivity index (χ0n) is 19.8. The summed E-state index contributed by atoms with van der Waals surface area (Å²) in [6.45, 7) is 2.26. The number of rotatable bonds is 6. The molecule has 11 heteroatoms. The summed E-state index contributed by atoms with van der Waals surface area (Å²) in [5.74, 6) is -0.506. The number of para-hydroxylation sites is 1. The summed E-state index contributed by atoms with van der Waals surface area (Å²) >= 11 is 1.24. The van der Waals surface area contributed by atoms with Gasteiger partial charge in [0.2, 0.25) is 10.0 Å². The molecule has 1 aromatic heterocycles. The minimum atomic E-state index is -3.64. The third kappa shape index (κ3) is 5.02. The number of methoxy groups -OCH3 is 2. The number of amides is 1. The van der Waals surface area contributed by atoms with E-state index in [2.05, 4.69) is 4.99 Å². The molecule has 1 aliphatic heterocycles. The number of carbonyl (C=O) groups is 2. The second-order valence-electron chi connectivity index (χ2n) is 8.26. The molecule has 1 atom stereocenters. The number of aromatic nitrogens is 1. The highest BCUT2D eigenvalue weighted by Gasteiger charge is 2.31. The van der Waals surface area contributed by atoms with Crippen molar-refractivity contribution in [2.24, 2.45) is 4.99 Å². The van der Waals surface area contributed by atoms with E-state index in [0.717, 1.165) is 24.0 Å². The van der Waals surface area contributed by atoms with Gasteiger partial charge in [-0.05, 0) is 56.2 Å². The Morgan fingerprint density at radius 1 is 1.11 bits per heavy atom. The van der Waals surface area contributed by atoms with Crippen molar-refractivity contribution >= 4 is 43.5 Å². The van der Waals surface area contributed by atoms with Crippen LogP contribution in [-0.2, 0) is 26.1 Å². The largest absolute Gasteiger partial charge is 0.495 e. The highest BCUT2D eigenvalue weighted by molar-refractivity contribution is 7.89. The molecule has 1 aliphatic rings. The molecule has 1 fully saturated rings. The predicted molar refractivity (Wildman–Crippen MR) is 132 cm³/mol. The van der Waals surface area contributed by atoms with Crippen LogP contribution >= 0.6 is 11.3 Å². The van der Waals surface area contributed by atoms with E-state index in [1.165, 1.54) is 54.1 Å². The van der Waals surface area contributed by atoms with Crippen LogP contribution in [0.25, 0.3) is 10.2 Å². The van der Waals surface area contributed by atoms with Gasteiger partial charge in [-0.2, -0.15) is 9.30 Å². The van der Waals surface area contributed by atoms with Gasteiger partial charge in [0.25, 0.3) is 5.91 Å². The molecular formula is C24H27N3O6S2. The van der Waals surface area contributed by atoms with E-state index >= 15 is 0 Å². The van der Waals surface area contributed by atoms with Crippen LogP contribution in [0.15, 0.2) is 52.4 Å². The van der Waals surface area contributed by atoms with Crippen molar-refractivity contribution in [2.45, 2.75) is 43.7 Å². The Morgan fingerprint density at radius 2 is 1.86 bits per heavy atom. The minimum Gasteiger partial charge on any atom is -0.495 e. The van der Waals surface area contributed by atoms with Crippen molar-refractivity contribution in [3.05, 3.63) is 52.8 Å². The number of fused-ring (bicyclic) bond motifs is 1. The Balaban J connectivity index is 1.69. The molecule has 35 heavy (non-hydrogen) atoms. The van der Waals surface area contributed by atoms with Crippen LogP contribution in [0, 0.1) is 0 Å². The first kappa shape index (κ1) is 25.1. The van der Waals surface area contributed by atoms with Crippen LogP contribution in [0.5, 0.6) is 5.75 Å². The summed E-state index contributed by atoms with van der Waals surface area (Å²) in [6, 6.07) is 11.2. The molecule has 1 amide bonds. The van der Waals surface area contributed by atoms with Gasteiger partial charge in [0.15, 0.2) is 4.80 Å². The summed E-state index contributed by atoms with van der Waals surface area (Å²) in [6.07, 6.45) is 2.69. The van der Waals surface area contributed by atoms with E-state index in [-0.39, 0.29) is 23.0 Å². The molecule has 3 aromatic rings. The molecule has 0 bridgehead atoms. The van der Waals surface area contributed by atoms with Gasteiger partial charge in [0.1, 0.15) is 17.8 Å². The van der Waals surface area contributed by atoms with Gasteiger partial charge in [-0.25, -0.2) is 8.42 Å². The van der Waals surface area contributed by atoms with Gasteiger partial charge in [0, 0.05) is 18.2 Å². The average molecular weight is 518 g/mol. The van der Waals surface area contributed by atoms with Crippen LogP contribution in [-0.4, -0.2) is 56.0 Å². The van der Waals surface area contributed by atoms with Crippen molar-refractivity contribution in [1.82, 2.24) is 8.87 Å². The number of hydrogen-bond acceptors (Lipinski definition) is 7. The highest BCUT2D eigenvalue weighted by Crippen LogP contribution is 2.28. The second kappa shape index (κ2) is 10.3. The van der Waals surface area contributed by atoms with Crippen LogP contribution in [0.2, 0.25) is 0 Å². The third-order valence-electron chi connectivity index (χ3n) is 6.05. The van der Waals surface area contributed by atoms with E-state index in [1.807, 2.05) is 19.1 Å². The van der Waals surface area contributed by atoms with Crippen molar-refractivity contribution in [1.29, 1.82) is 0 Å². The third-order valence-corrected chi connectivity index (χ3v) is 9.12. The quantitative estimate of drug-likeness (QED) is 0.465. The fourth-order valence-corrected chi connectivity index (χ4v) is 6.92. The van der Waals surface area contributed by atoms with Crippen LogP contribution in [0.1, 0.15) is 36.5 Å². The Hall–Kier alpha value is -3.02. The Labute approximate surface area is 207 Å². The SMILES string of the molecule is COC(=O)Cn1c(=NC(=O)c2ccc(S(=O)(=O)N3CCCCC3C)cc2)sc2cccc(OC)c21. The number of sulfonamides is 1. The number of esters is 1. The molecule has 2 aromatic carbocycles. The van der Waals surface area contributed by atoms with Gasteiger partial charge in [-0.1, -0.05) is 23.8 Å². The zero-order valence-corrected chi connectivity index (χ0v) is 21.4. The van der Waals surface area contributed by atoms with Gasteiger partial charge in [-0.15, -0.1) is 0 Å². The van der Waals surface area contributed by atoms with E-state index in [0.29, 0.717) is 22.6 Å². The lowest BCUT2D eigenvalue weighted by Gasteiger charge is -2.32. The van der Waals surface area contributed by atoms with Crippen LogP contribution < -0.4 is 9.54 Å². The van der Waals surface area contributed by atoms with Gasteiger partial charge in [-0.3, -0.25) is 9.59 Å². The number of hydrogen-bond donors (Lipinski definition) is 0. The lowest BCUT2D eigenvalue weighted by molar-refractivity contribution is -0.141. The number of nitrogens with zero attached hydrogens (tertiary/aromatic N) is 3.